The molecule has 0 aliphatic carbocycles. The van der Waals surface area contributed by atoms with E-state index in [1.165, 1.54) is 14.2 Å². The molecule has 4 heteroatoms. The Labute approximate surface area is 72.7 Å². The van der Waals surface area contributed by atoms with Gasteiger partial charge in [0.15, 0.2) is 6.10 Å². The van der Waals surface area contributed by atoms with Crippen LogP contribution in [0.5, 0.6) is 0 Å². The highest BCUT2D eigenvalue weighted by molar-refractivity contribution is 5.75. The second kappa shape index (κ2) is 4.42. The number of ether oxygens (including phenoxy) is 1. The van der Waals surface area contributed by atoms with Crippen LogP contribution in [-0.2, 0) is 19.3 Å². The van der Waals surface area contributed by atoms with Crippen LogP contribution >= 0.6 is 0 Å². The van der Waals surface area contributed by atoms with Gasteiger partial charge in [-0.15, -0.1) is 0 Å². The standard InChI is InChI=1S/C8H16O4/c1-8(2,3)6(10-4)7(9)12-11-5/h6H,1-5H3. The van der Waals surface area contributed by atoms with Crippen LogP contribution in [0.3, 0.4) is 0 Å². The maximum atomic E-state index is 11.1. The molecule has 12 heavy (non-hydrogen) atoms. The third-order valence-electron chi connectivity index (χ3n) is 1.40. The first-order valence-electron chi connectivity index (χ1n) is 3.70. The lowest BCUT2D eigenvalue weighted by Crippen LogP contribution is -2.37. The highest BCUT2D eigenvalue weighted by Gasteiger charge is 2.33. The molecule has 0 spiro atoms. The summed E-state index contributed by atoms with van der Waals surface area (Å²) in [4.78, 5) is 19.8. The summed E-state index contributed by atoms with van der Waals surface area (Å²) in [5, 5.41) is 0. The summed E-state index contributed by atoms with van der Waals surface area (Å²) in [6, 6.07) is 0. The van der Waals surface area contributed by atoms with Crippen molar-refractivity contribution < 1.29 is 19.3 Å². The van der Waals surface area contributed by atoms with Gasteiger partial charge in [0.25, 0.3) is 0 Å². The monoisotopic (exact) mass is 176 g/mol. The Kier molecular flexibility index (Phi) is 4.20. The van der Waals surface area contributed by atoms with E-state index in [0.717, 1.165) is 0 Å². The molecule has 0 rings (SSSR count). The molecule has 72 valence electrons. The van der Waals surface area contributed by atoms with Gasteiger partial charge in [0.1, 0.15) is 0 Å². The van der Waals surface area contributed by atoms with E-state index in [1.807, 2.05) is 20.8 Å². The predicted octanol–water partition coefficient (Wildman–Crippen LogP) is 1.15. The number of hydrogen-bond donors (Lipinski definition) is 0. The van der Waals surface area contributed by atoms with Gasteiger partial charge in [-0.25, -0.2) is 4.79 Å². The number of carbonyl (C=O) groups is 1. The van der Waals surface area contributed by atoms with Crippen molar-refractivity contribution in [2.45, 2.75) is 26.9 Å². The van der Waals surface area contributed by atoms with Crippen LogP contribution in [0.25, 0.3) is 0 Å². The summed E-state index contributed by atoms with van der Waals surface area (Å²) in [6.45, 7) is 5.66. The van der Waals surface area contributed by atoms with Crippen LogP contribution in [0.4, 0.5) is 0 Å². The first kappa shape index (κ1) is 11.4. The molecule has 0 bridgehead atoms. The van der Waals surface area contributed by atoms with E-state index in [2.05, 4.69) is 9.78 Å². The fourth-order valence-corrected chi connectivity index (χ4v) is 0.929. The van der Waals surface area contributed by atoms with E-state index in [0.29, 0.717) is 0 Å². The van der Waals surface area contributed by atoms with E-state index >= 15 is 0 Å². The Hall–Kier alpha value is -0.610. The lowest BCUT2D eigenvalue weighted by Gasteiger charge is -2.26. The summed E-state index contributed by atoms with van der Waals surface area (Å²) in [5.41, 5.74) is -0.287. The lowest BCUT2D eigenvalue weighted by atomic mass is 9.89. The number of carbonyl (C=O) groups excluding carboxylic acids is 1. The topological polar surface area (TPSA) is 44.8 Å². The Morgan fingerprint density at radius 1 is 1.25 bits per heavy atom. The molecule has 0 aromatic heterocycles. The summed E-state index contributed by atoms with van der Waals surface area (Å²) < 4.78 is 4.97. The molecule has 1 atom stereocenters. The molecule has 0 N–H and O–H groups in total. The molecule has 0 aromatic carbocycles. The first-order chi connectivity index (χ1) is 5.43. The summed E-state index contributed by atoms with van der Waals surface area (Å²) in [5.74, 6) is -0.507. The summed E-state index contributed by atoms with van der Waals surface area (Å²) in [6.07, 6.45) is -0.600. The molecule has 0 heterocycles. The highest BCUT2D eigenvalue weighted by Crippen LogP contribution is 2.22. The SMILES string of the molecule is COOC(=O)C(OC)C(C)(C)C. The van der Waals surface area contributed by atoms with Crippen molar-refractivity contribution >= 4 is 5.97 Å². The van der Waals surface area contributed by atoms with Crippen molar-refractivity contribution in [3.8, 4) is 0 Å². The molecule has 0 aromatic rings. The zero-order chi connectivity index (χ0) is 9.78. The largest absolute Gasteiger partial charge is 0.371 e. The molecule has 0 aliphatic rings. The Morgan fingerprint density at radius 3 is 2.00 bits per heavy atom. The number of methoxy groups -OCH3 is 1. The molecule has 1 unspecified atom stereocenters. The van der Waals surface area contributed by atoms with Crippen molar-refractivity contribution in [3.63, 3.8) is 0 Å². The Bertz CT molecular complexity index is 148. The maximum absolute atomic E-state index is 11.1. The van der Waals surface area contributed by atoms with E-state index in [4.69, 9.17) is 4.74 Å². The molecule has 0 saturated carbocycles. The molecule has 4 nitrogen and oxygen atoms in total. The van der Waals surface area contributed by atoms with Gasteiger partial charge in [0.2, 0.25) is 0 Å². The van der Waals surface area contributed by atoms with Crippen LogP contribution in [0, 0.1) is 5.41 Å². The van der Waals surface area contributed by atoms with Gasteiger partial charge >= 0.3 is 5.97 Å². The molecule has 0 aliphatic heterocycles. The highest BCUT2D eigenvalue weighted by atomic mass is 17.2. The minimum absolute atomic E-state index is 0.287. The van der Waals surface area contributed by atoms with Gasteiger partial charge in [-0.05, 0) is 5.41 Å². The quantitative estimate of drug-likeness (QED) is 0.478. The minimum Gasteiger partial charge on any atom is -0.369 e. The van der Waals surface area contributed by atoms with Crippen molar-refractivity contribution in [2.75, 3.05) is 14.2 Å². The average molecular weight is 176 g/mol. The zero-order valence-corrected chi connectivity index (χ0v) is 8.21. The van der Waals surface area contributed by atoms with Crippen molar-refractivity contribution in [1.82, 2.24) is 0 Å². The normalized spacial score (nSPS) is 14.1. The molecule has 0 amide bonds. The average Bonchev–Trinajstić information content (AvgIpc) is 1.85. The third kappa shape index (κ3) is 3.19. The zero-order valence-electron chi connectivity index (χ0n) is 8.21. The van der Waals surface area contributed by atoms with Gasteiger partial charge in [-0.1, -0.05) is 20.8 Å². The van der Waals surface area contributed by atoms with Crippen LogP contribution in [0.1, 0.15) is 20.8 Å². The maximum Gasteiger partial charge on any atom is 0.371 e. The van der Waals surface area contributed by atoms with Gasteiger partial charge in [-0.3, -0.25) is 4.89 Å². The van der Waals surface area contributed by atoms with Gasteiger partial charge in [-0.2, -0.15) is 4.89 Å². The number of hydrogen-bond acceptors (Lipinski definition) is 4. The Morgan fingerprint density at radius 2 is 1.75 bits per heavy atom. The molecule has 0 saturated heterocycles. The second-order valence-corrected chi connectivity index (χ2v) is 3.55. The molecular weight excluding hydrogens is 160 g/mol. The van der Waals surface area contributed by atoms with E-state index in [9.17, 15) is 4.79 Å². The van der Waals surface area contributed by atoms with Crippen molar-refractivity contribution in [2.24, 2.45) is 5.41 Å². The van der Waals surface area contributed by atoms with Crippen LogP contribution in [-0.4, -0.2) is 26.3 Å². The summed E-state index contributed by atoms with van der Waals surface area (Å²) in [7, 11) is 2.75. The first-order valence-corrected chi connectivity index (χ1v) is 3.70. The fraction of sp³-hybridized carbons (Fsp3) is 0.875. The van der Waals surface area contributed by atoms with Gasteiger partial charge in [0.05, 0.1) is 7.11 Å². The lowest BCUT2D eigenvalue weighted by molar-refractivity contribution is -0.266. The number of rotatable bonds is 3. The molecule has 0 fully saturated rings. The van der Waals surface area contributed by atoms with Crippen LogP contribution < -0.4 is 0 Å². The smallest absolute Gasteiger partial charge is 0.369 e. The van der Waals surface area contributed by atoms with E-state index in [-0.39, 0.29) is 5.41 Å². The fourth-order valence-electron chi connectivity index (χ4n) is 0.929. The van der Waals surface area contributed by atoms with E-state index < -0.39 is 12.1 Å². The van der Waals surface area contributed by atoms with Gasteiger partial charge < -0.3 is 4.74 Å². The van der Waals surface area contributed by atoms with Gasteiger partial charge in [0, 0.05) is 7.11 Å². The Balaban J connectivity index is 4.25. The van der Waals surface area contributed by atoms with Crippen molar-refractivity contribution in [1.29, 1.82) is 0 Å². The predicted molar refractivity (Wildman–Crippen MR) is 43.4 cm³/mol. The molecular formula is C8H16O4. The second-order valence-electron chi connectivity index (χ2n) is 3.55. The van der Waals surface area contributed by atoms with Crippen LogP contribution in [0.15, 0.2) is 0 Å². The van der Waals surface area contributed by atoms with E-state index in [1.54, 1.807) is 0 Å². The summed E-state index contributed by atoms with van der Waals surface area (Å²) >= 11 is 0. The van der Waals surface area contributed by atoms with Crippen molar-refractivity contribution in [3.05, 3.63) is 0 Å². The third-order valence-corrected chi connectivity index (χ3v) is 1.40. The molecule has 0 radical (unpaired) electrons. The minimum atomic E-state index is -0.600. The van der Waals surface area contributed by atoms with Crippen LogP contribution in [0.2, 0.25) is 0 Å².